The summed E-state index contributed by atoms with van der Waals surface area (Å²) in [6.07, 6.45) is 2.01. The molecular formula is C14H19N3O4S. The van der Waals surface area contributed by atoms with Gasteiger partial charge in [0.25, 0.3) is 5.91 Å². The summed E-state index contributed by atoms with van der Waals surface area (Å²) in [5.74, 6) is 0.718. The fraction of sp³-hybridized carbons (Fsp3) is 0.571. The average Bonchev–Trinajstić information content (AvgIpc) is 2.87. The second-order valence-corrected chi connectivity index (χ2v) is 7.81. The molecule has 0 bridgehead atoms. The normalized spacial score (nSPS) is 24.2. The number of hydrogen-bond acceptors (Lipinski definition) is 6. The van der Waals surface area contributed by atoms with Gasteiger partial charge in [0.2, 0.25) is 0 Å². The van der Waals surface area contributed by atoms with Crippen LogP contribution in [0.3, 0.4) is 0 Å². The van der Waals surface area contributed by atoms with E-state index in [9.17, 15) is 13.2 Å². The number of aromatic nitrogens is 1. The summed E-state index contributed by atoms with van der Waals surface area (Å²) in [6.45, 7) is 2.94. The molecule has 2 fully saturated rings. The molecule has 1 atom stereocenters. The number of sulfone groups is 1. The van der Waals surface area contributed by atoms with Crippen LogP contribution in [0.15, 0.2) is 18.3 Å². The van der Waals surface area contributed by atoms with Crippen LogP contribution in [0.4, 0.5) is 5.82 Å². The van der Waals surface area contributed by atoms with Crippen molar-refractivity contribution in [2.75, 3.05) is 42.7 Å². The van der Waals surface area contributed by atoms with Crippen molar-refractivity contribution in [3.63, 3.8) is 0 Å². The van der Waals surface area contributed by atoms with Gasteiger partial charge in [-0.3, -0.25) is 4.79 Å². The molecule has 1 amide bonds. The van der Waals surface area contributed by atoms with Crippen LogP contribution in [0.1, 0.15) is 16.8 Å². The lowest BCUT2D eigenvalue weighted by atomic mass is 10.2. The van der Waals surface area contributed by atoms with E-state index in [1.54, 1.807) is 6.07 Å². The molecule has 0 unspecified atom stereocenters. The average molecular weight is 325 g/mol. The smallest absolute Gasteiger partial charge is 0.253 e. The molecule has 1 aromatic rings. The highest BCUT2D eigenvalue weighted by molar-refractivity contribution is 7.91. The Morgan fingerprint density at radius 1 is 1.32 bits per heavy atom. The Morgan fingerprint density at radius 2 is 2.09 bits per heavy atom. The number of ether oxygens (including phenoxy) is 1. The highest BCUT2D eigenvalue weighted by atomic mass is 32.2. The number of anilines is 1. The van der Waals surface area contributed by atoms with Crippen molar-refractivity contribution < 1.29 is 17.9 Å². The van der Waals surface area contributed by atoms with Crippen LogP contribution >= 0.6 is 0 Å². The van der Waals surface area contributed by atoms with E-state index in [1.165, 1.54) is 6.20 Å². The molecule has 2 saturated heterocycles. The molecule has 8 heteroatoms. The van der Waals surface area contributed by atoms with Crippen molar-refractivity contribution >= 4 is 21.6 Å². The molecule has 0 aliphatic carbocycles. The van der Waals surface area contributed by atoms with Gasteiger partial charge in [0.05, 0.1) is 30.3 Å². The van der Waals surface area contributed by atoms with E-state index >= 15 is 0 Å². The Balaban J connectivity index is 1.61. The third-order valence-electron chi connectivity index (χ3n) is 3.91. The van der Waals surface area contributed by atoms with E-state index in [0.29, 0.717) is 25.2 Å². The summed E-state index contributed by atoms with van der Waals surface area (Å²) in [6, 6.07) is 3.23. The molecule has 1 aromatic heterocycles. The number of nitrogens with zero attached hydrogens (tertiary/aromatic N) is 2. The van der Waals surface area contributed by atoms with E-state index in [4.69, 9.17) is 4.74 Å². The van der Waals surface area contributed by atoms with Gasteiger partial charge in [-0.1, -0.05) is 0 Å². The van der Waals surface area contributed by atoms with Crippen molar-refractivity contribution in [2.24, 2.45) is 0 Å². The molecule has 1 N–H and O–H groups in total. The first-order valence-corrected chi connectivity index (χ1v) is 9.16. The molecule has 7 nitrogen and oxygen atoms in total. The van der Waals surface area contributed by atoms with E-state index < -0.39 is 9.84 Å². The van der Waals surface area contributed by atoms with Crippen molar-refractivity contribution in [1.29, 1.82) is 0 Å². The molecule has 2 aliphatic rings. The van der Waals surface area contributed by atoms with Crippen molar-refractivity contribution in [2.45, 2.75) is 12.5 Å². The summed E-state index contributed by atoms with van der Waals surface area (Å²) in [5.41, 5.74) is 0.446. The Morgan fingerprint density at radius 3 is 2.68 bits per heavy atom. The number of hydrogen-bond donors (Lipinski definition) is 1. The first-order valence-electron chi connectivity index (χ1n) is 7.33. The number of morpholine rings is 1. The SMILES string of the molecule is O=C(N[C@@H]1CCS(=O)(=O)C1)c1ccc(N2CCOCC2)nc1. The Kier molecular flexibility index (Phi) is 4.30. The molecule has 3 heterocycles. The second-order valence-electron chi connectivity index (χ2n) is 5.58. The molecule has 0 radical (unpaired) electrons. The molecule has 0 aromatic carbocycles. The Bertz CT molecular complexity index is 639. The van der Waals surface area contributed by atoms with Gasteiger partial charge < -0.3 is 15.0 Å². The minimum atomic E-state index is -2.99. The lowest BCUT2D eigenvalue weighted by Crippen LogP contribution is -2.37. The van der Waals surface area contributed by atoms with Crippen molar-refractivity contribution in [3.8, 4) is 0 Å². The Hall–Kier alpha value is -1.67. The first-order chi connectivity index (χ1) is 10.5. The molecular weight excluding hydrogens is 306 g/mol. The van der Waals surface area contributed by atoms with Gasteiger partial charge in [-0.15, -0.1) is 0 Å². The number of amides is 1. The topological polar surface area (TPSA) is 88.6 Å². The van der Waals surface area contributed by atoms with Crippen LogP contribution in [0.5, 0.6) is 0 Å². The molecule has 120 valence electrons. The van der Waals surface area contributed by atoms with E-state index in [2.05, 4.69) is 15.2 Å². The van der Waals surface area contributed by atoms with E-state index in [0.717, 1.165) is 18.9 Å². The van der Waals surface area contributed by atoms with E-state index in [-0.39, 0.29) is 23.5 Å². The van der Waals surface area contributed by atoms with Gasteiger partial charge in [-0.25, -0.2) is 13.4 Å². The zero-order valence-electron chi connectivity index (χ0n) is 12.2. The molecule has 3 rings (SSSR count). The maximum absolute atomic E-state index is 12.1. The third-order valence-corrected chi connectivity index (χ3v) is 5.68. The quantitative estimate of drug-likeness (QED) is 0.830. The molecule has 2 aliphatic heterocycles. The molecule has 0 saturated carbocycles. The molecule has 22 heavy (non-hydrogen) atoms. The monoisotopic (exact) mass is 325 g/mol. The van der Waals surface area contributed by atoms with Crippen LogP contribution in [0.2, 0.25) is 0 Å². The van der Waals surface area contributed by atoms with Crippen molar-refractivity contribution in [3.05, 3.63) is 23.9 Å². The first kappa shape index (κ1) is 15.2. The number of carbonyl (C=O) groups excluding carboxylic acids is 1. The number of rotatable bonds is 3. The van der Waals surface area contributed by atoms with Gasteiger partial charge in [0.1, 0.15) is 5.82 Å². The van der Waals surface area contributed by atoms with E-state index in [1.807, 2.05) is 6.07 Å². The number of pyridine rings is 1. The maximum Gasteiger partial charge on any atom is 0.253 e. The van der Waals surface area contributed by atoms with Crippen LogP contribution < -0.4 is 10.2 Å². The summed E-state index contributed by atoms with van der Waals surface area (Å²) >= 11 is 0. The second kappa shape index (κ2) is 6.21. The summed E-state index contributed by atoms with van der Waals surface area (Å²) in [4.78, 5) is 18.5. The minimum absolute atomic E-state index is 0.0258. The van der Waals surface area contributed by atoms with Gasteiger partial charge in [0, 0.05) is 25.3 Å². The highest BCUT2D eigenvalue weighted by Crippen LogP contribution is 2.15. The lowest BCUT2D eigenvalue weighted by molar-refractivity contribution is 0.0940. The summed E-state index contributed by atoms with van der Waals surface area (Å²) in [7, 11) is -2.99. The van der Waals surface area contributed by atoms with Crippen LogP contribution in [-0.2, 0) is 14.6 Å². The predicted octanol–water partition coefficient (Wildman–Crippen LogP) is -0.165. The molecule has 0 spiro atoms. The number of nitrogens with one attached hydrogen (secondary N) is 1. The third kappa shape index (κ3) is 3.56. The van der Waals surface area contributed by atoms with Gasteiger partial charge in [0.15, 0.2) is 9.84 Å². The summed E-state index contributed by atoms with van der Waals surface area (Å²) in [5, 5.41) is 2.76. The van der Waals surface area contributed by atoms with Gasteiger partial charge in [-0.05, 0) is 18.6 Å². The van der Waals surface area contributed by atoms with Crippen LogP contribution in [0, 0.1) is 0 Å². The zero-order chi connectivity index (χ0) is 15.6. The van der Waals surface area contributed by atoms with Crippen LogP contribution in [0.25, 0.3) is 0 Å². The lowest BCUT2D eigenvalue weighted by Gasteiger charge is -2.27. The standard InChI is InChI=1S/C14H19N3O4S/c18-14(16-12-3-8-22(19,20)10-12)11-1-2-13(15-9-11)17-4-6-21-7-5-17/h1-2,9,12H,3-8,10H2,(H,16,18)/t12-/m1/s1. The largest absolute Gasteiger partial charge is 0.378 e. The fourth-order valence-corrected chi connectivity index (χ4v) is 4.35. The number of carbonyl (C=O) groups is 1. The maximum atomic E-state index is 12.1. The zero-order valence-corrected chi connectivity index (χ0v) is 13.0. The van der Waals surface area contributed by atoms with Gasteiger partial charge in [-0.2, -0.15) is 0 Å². The fourth-order valence-electron chi connectivity index (χ4n) is 2.68. The van der Waals surface area contributed by atoms with Crippen molar-refractivity contribution in [1.82, 2.24) is 10.3 Å². The summed E-state index contributed by atoms with van der Waals surface area (Å²) < 4.78 is 28.1. The predicted molar refractivity (Wildman–Crippen MR) is 81.8 cm³/mol. The van der Waals surface area contributed by atoms with Gasteiger partial charge >= 0.3 is 0 Å². The minimum Gasteiger partial charge on any atom is -0.378 e. The highest BCUT2D eigenvalue weighted by Gasteiger charge is 2.29. The Labute approximate surface area is 129 Å². The van der Waals surface area contributed by atoms with Crippen LogP contribution in [-0.4, -0.2) is 63.2 Å².